The summed E-state index contributed by atoms with van der Waals surface area (Å²) in [6.45, 7) is 4.83. The fraction of sp³-hybridized carbons (Fsp3) is 0.600. The Balaban J connectivity index is 1.72. The average molecular weight is 403 g/mol. The molecule has 2 aromatic rings. The molecule has 7 nitrogen and oxygen atoms in total. The second-order valence-corrected chi connectivity index (χ2v) is 8.51. The van der Waals surface area contributed by atoms with Gasteiger partial charge in [0, 0.05) is 37.1 Å². The molecule has 0 aliphatic carbocycles. The molecule has 152 valence electrons. The van der Waals surface area contributed by atoms with Crippen LogP contribution in [-0.4, -0.2) is 74.4 Å². The number of nitrogens with zero attached hydrogens (tertiary/aromatic N) is 6. The lowest BCUT2D eigenvalue weighted by atomic mass is 10.0. The van der Waals surface area contributed by atoms with Crippen molar-refractivity contribution in [2.75, 3.05) is 32.9 Å². The molecule has 1 saturated heterocycles. The van der Waals surface area contributed by atoms with E-state index in [1.165, 1.54) is 18.2 Å². The number of carbonyl (C=O) groups is 1. The first-order valence-corrected chi connectivity index (χ1v) is 11.0. The van der Waals surface area contributed by atoms with Gasteiger partial charge in [-0.15, -0.1) is 10.2 Å². The molecule has 0 spiro atoms. The summed E-state index contributed by atoms with van der Waals surface area (Å²) in [6, 6.07) is 4.23. The van der Waals surface area contributed by atoms with Gasteiger partial charge in [-0.3, -0.25) is 9.78 Å². The Bertz CT molecular complexity index is 763. The molecule has 3 rings (SSSR count). The summed E-state index contributed by atoms with van der Waals surface area (Å²) < 4.78 is 2.14. The lowest BCUT2D eigenvalue weighted by molar-refractivity contribution is -0.131. The van der Waals surface area contributed by atoms with E-state index >= 15 is 0 Å². The van der Waals surface area contributed by atoms with Crippen molar-refractivity contribution in [1.29, 1.82) is 0 Å². The third-order valence-electron chi connectivity index (χ3n) is 5.09. The predicted octanol–water partition coefficient (Wildman–Crippen LogP) is 2.78. The van der Waals surface area contributed by atoms with Crippen molar-refractivity contribution in [2.45, 2.75) is 50.4 Å². The molecule has 1 aliphatic rings. The van der Waals surface area contributed by atoms with Crippen molar-refractivity contribution in [1.82, 2.24) is 29.5 Å². The summed E-state index contributed by atoms with van der Waals surface area (Å²) in [7, 11) is 4.15. The molecule has 0 radical (unpaired) electrons. The Kier molecular flexibility index (Phi) is 7.44. The highest BCUT2D eigenvalue weighted by Gasteiger charge is 2.24. The van der Waals surface area contributed by atoms with E-state index in [4.69, 9.17) is 0 Å². The number of hydrogen-bond donors (Lipinski definition) is 0. The van der Waals surface area contributed by atoms with Gasteiger partial charge in [0.05, 0.1) is 5.75 Å². The highest BCUT2D eigenvalue weighted by Crippen LogP contribution is 2.25. The first kappa shape index (κ1) is 20.8. The highest BCUT2D eigenvalue weighted by atomic mass is 32.2. The van der Waals surface area contributed by atoms with Gasteiger partial charge in [0.2, 0.25) is 5.91 Å². The first-order chi connectivity index (χ1) is 13.6. The molecule has 8 heteroatoms. The number of rotatable bonds is 8. The van der Waals surface area contributed by atoms with E-state index in [1.807, 2.05) is 17.0 Å². The maximum absolute atomic E-state index is 12.7. The third kappa shape index (κ3) is 5.32. The van der Waals surface area contributed by atoms with E-state index in [2.05, 4.69) is 45.7 Å². The zero-order valence-electron chi connectivity index (χ0n) is 17.0. The number of amides is 1. The molecular formula is C20H30N6OS. The summed E-state index contributed by atoms with van der Waals surface area (Å²) in [5.74, 6) is 1.44. The van der Waals surface area contributed by atoms with Crippen molar-refractivity contribution in [3.63, 3.8) is 0 Å². The van der Waals surface area contributed by atoms with Crippen LogP contribution in [0.3, 0.4) is 0 Å². The molecular weight excluding hydrogens is 372 g/mol. The minimum atomic E-state index is 0.200. The van der Waals surface area contributed by atoms with Crippen LogP contribution in [-0.2, 0) is 11.3 Å². The number of carbonyl (C=O) groups excluding carboxylic acids is 1. The van der Waals surface area contributed by atoms with Crippen LogP contribution >= 0.6 is 11.8 Å². The number of thioether (sulfide) groups is 1. The molecule has 1 amide bonds. The molecule has 1 fully saturated rings. The zero-order valence-corrected chi connectivity index (χ0v) is 17.9. The van der Waals surface area contributed by atoms with Crippen molar-refractivity contribution in [2.24, 2.45) is 0 Å². The number of pyridine rings is 1. The van der Waals surface area contributed by atoms with Crippen molar-refractivity contribution >= 4 is 17.7 Å². The normalized spacial score (nSPS) is 17.3. The Labute approximate surface area is 171 Å². The summed E-state index contributed by atoms with van der Waals surface area (Å²) >= 11 is 1.49. The molecule has 3 heterocycles. The van der Waals surface area contributed by atoms with E-state index in [-0.39, 0.29) is 5.91 Å². The van der Waals surface area contributed by atoms with Crippen LogP contribution in [0.1, 0.15) is 32.6 Å². The second kappa shape index (κ2) is 10.0. The van der Waals surface area contributed by atoms with E-state index in [1.54, 1.807) is 12.4 Å². The molecule has 0 N–H and O–H groups in total. The van der Waals surface area contributed by atoms with E-state index < -0.39 is 0 Å². The summed E-state index contributed by atoms with van der Waals surface area (Å²) in [5.41, 5.74) is 0.996. The minimum absolute atomic E-state index is 0.200. The van der Waals surface area contributed by atoms with E-state index in [0.29, 0.717) is 11.8 Å². The first-order valence-electron chi connectivity index (χ1n) is 9.97. The van der Waals surface area contributed by atoms with Gasteiger partial charge in [-0.05, 0) is 65.4 Å². The van der Waals surface area contributed by atoms with Crippen molar-refractivity contribution in [3.05, 3.63) is 24.5 Å². The molecule has 2 aromatic heterocycles. The SMILES string of the molecule is CC1CCCCN1C(=O)CSc1nnc(-c2ccncc2)n1CCCN(C)C. The van der Waals surface area contributed by atoms with Crippen LogP contribution in [0.2, 0.25) is 0 Å². The molecule has 1 atom stereocenters. The number of hydrogen-bond acceptors (Lipinski definition) is 6. The molecule has 0 aromatic carbocycles. The van der Waals surface area contributed by atoms with Gasteiger partial charge < -0.3 is 14.4 Å². The number of aromatic nitrogens is 4. The lowest BCUT2D eigenvalue weighted by Gasteiger charge is -2.33. The van der Waals surface area contributed by atoms with Gasteiger partial charge in [-0.1, -0.05) is 11.8 Å². The third-order valence-corrected chi connectivity index (χ3v) is 6.04. The van der Waals surface area contributed by atoms with Gasteiger partial charge in [-0.25, -0.2) is 0 Å². The summed E-state index contributed by atoms with van der Waals surface area (Å²) in [4.78, 5) is 21.0. The van der Waals surface area contributed by atoms with Gasteiger partial charge in [0.25, 0.3) is 0 Å². The smallest absolute Gasteiger partial charge is 0.233 e. The van der Waals surface area contributed by atoms with E-state index in [0.717, 1.165) is 55.4 Å². The van der Waals surface area contributed by atoms with Crippen LogP contribution in [0.4, 0.5) is 0 Å². The monoisotopic (exact) mass is 402 g/mol. The number of likely N-dealkylation sites (tertiary alicyclic amines) is 1. The predicted molar refractivity (Wildman–Crippen MR) is 112 cm³/mol. The Morgan fingerprint density at radius 3 is 2.75 bits per heavy atom. The Hall–Kier alpha value is -1.93. The van der Waals surface area contributed by atoms with Gasteiger partial charge in [0.15, 0.2) is 11.0 Å². The highest BCUT2D eigenvalue weighted by molar-refractivity contribution is 7.99. The van der Waals surface area contributed by atoms with Gasteiger partial charge >= 0.3 is 0 Å². The molecule has 0 bridgehead atoms. The van der Waals surface area contributed by atoms with Gasteiger partial charge in [0.1, 0.15) is 0 Å². The Morgan fingerprint density at radius 2 is 2.04 bits per heavy atom. The molecule has 1 unspecified atom stereocenters. The fourth-order valence-electron chi connectivity index (χ4n) is 3.53. The number of piperidine rings is 1. The maximum Gasteiger partial charge on any atom is 0.233 e. The van der Waals surface area contributed by atoms with Crippen molar-refractivity contribution < 1.29 is 4.79 Å². The maximum atomic E-state index is 12.7. The largest absolute Gasteiger partial charge is 0.339 e. The Morgan fingerprint density at radius 1 is 1.25 bits per heavy atom. The van der Waals surface area contributed by atoms with Crippen LogP contribution in [0.25, 0.3) is 11.4 Å². The van der Waals surface area contributed by atoms with Gasteiger partial charge in [-0.2, -0.15) is 0 Å². The second-order valence-electron chi connectivity index (χ2n) is 7.57. The fourth-order valence-corrected chi connectivity index (χ4v) is 4.39. The standard InChI is InChI=1S/C20H30N6OS/c1-16-7-4-5-13-25(16)18(27)15-28-20-23-22-19(17-8-10-21-11-9-17)26(20)14-6-12-24(2)3/h8-11,16H,4-7,12-15H2,1-3H3. The summed E-state index contributed by atoms with van der Waals surface area (Å²) in [5, 5.41) is 9.62. The quantitative estimate of drug-likeness (QED) is 0.633. The van der Waals surface area contributed by atoms with Crippen LogP contribution < -0.4 is 0 Å². The summed E-state index contributed by atoms with van der Waals surface area (Å²) in [6.07, 6.45) is 7.95. The molecule has 28 heavy (non-hydrogen) atoms. The van der Waals surface area contributed by atoms with Crippen molar-refractivity contribution in [3.8, 4) is 11.4 Å². The van der Waals surface area contributed by atoms with Crippen LogP contribution in [0.5, 0.6) is 0 Å². The minimum Gasteiger partial charge on any atom is -0.339 e. The topological polar surface area (TPSA) is 67.2 Å². The van der Waals surface area contributed by atoms with E-state index in [9.17, 15) is 4.79 Å². The lowest BCUT2D eigenvalue weighted by Crippen LogP contribution is -2.43. The average Bonchev–Trinajstić information content (AvgIpc) is 3.09. The molecule has 0 saturated carbocycles. The zero-order chi connectivity index (χ0) is 19.9. The van der Waals surface area contributed by atoms with Crippen LogP contribution in [0.15, 0.2) is 29.7 Å². The van der Waals surface area contributed by atoms with Crippen LogP contribution in [0, 0.1) is 0 Å². The molecule has 1 aliphatic heterocycles.